The van der Waals surface area contributed by atoms with Gasteiger partial charge in [-0.25, -0.2) is 15.0 Å². The average molecular weight is 819 g/mol. The number of nitrogens with one attached hydrogen (secondary N) is 3. The number of nitrogens with zero attached hydrogens (tertiary/aromatic N) is 3. The Bertz CT molecular complexity index is 3390. The molecule has 0 saturated heterocycles. The minimum atomic E-state index is -0.505. The Balaban J connectivity index is 0.956. The summed E-state index contributed by atoms with van der Waals surface area (Å²) in [6.07, 6.45) is -0.855. The normalized spacial score (nSPS) is 17.7. The number of para-hydroxylation sites is 2. The van der Waals surface area contributed by atoms with E-state index >= 15 is 0 Å². The number of fused-ring (bicyclic) bond motifs is 6. The van der Waals surface area contributed by atoms with Crippen molar-refractivity contribution >= 4 is 71.0 Å². The predicted molar refractivity (Wildman–Crippen MR) is 255 cm³/mol. The molecule has 0 aliphatic carbocycles. The molecule has 0 spiro atoms. The molecular weight excluding hydrogens is 781 g/mol. The minimum Gasteiger partial charge on any atom is -0.455 e. The van der Waals surface area contributed by atoms with Crippen molar-refractivity contribution in [2.24, 2.45) is 15.0 Å². The van der Waals surface area contributed by atoms with Crippen molar-refractivity contribution in [2.45, 2.75) is 18.5 Å². The van der Waals surface area contributed by atoms with E-state index in [1.54, 1.807) is 11.3 Å². The Kier molecular flexibility index (Phi) is 8.83. The van der Waals surface area contributed by atoms with Crippen LogP contribution in [0.1, 0.15) is 51.9 Å². The largest absolute Gasteiger partial charge is 0.455 e. The van der Waals surface area contributed by atoms with Crippen molar-refractivity contribution in [3.05, 3.63) is 228 Å². The Morgan fingerprint density at radius 1 is 0.468 bits per heavy atom. The maximum atomic E-state index is 6.52. The minimum absolute atomic E-state index is 0.152. The van der Waals surface area contributed by atoms with Gasteiger partial charge in [-0.15, -0.1) is 11.3 Å². The van der Waals surface area contributed by atoms with E-state index in [0.29, 0.717) is 0 Å². The van der Waals surface area contributed by atoms with Crippen LogP contribution in [0.2, 0.25) is 0 Å². The molecule has 7 nitrogen and oxygen atoms in total. The SMILES string of the molecule is c1ccc(C2=NC(c3ccc(-c4ccc(C5NC(c6ccccc6)=NC(c6ccccc6)N5)cc4)c4c3sc3ccccc34)N=C(c3cccc4c3oc3ccccc34)N2)cc1. The number of thiophene rings is 1. The number of benzene rings is 8. The number of hydrogen-bond donors (Lipinski definition) is 3. The molecule has 4 heterocycles. The first-order valence-electron chi connectivity index (χ1n) is 20.9. The number of amidine groups is 3. The highest BCUT2D eigenvalue weighted by atomic mass is 32.1. The molecule has 3 unspecified atom stereocenters. The summed E-state index contributed by atoms with van der Waals surface area (Å²) >= 11 is 1.80. The van der Waals surface area contributed by atoms with Crippen molar-refractivity contribution in [3.8, 4) is 11.1 Å². The molecule has 0 bridgehead atoms. The molecule has 0 saturated carbocycles. The second kappa shape index (κ2) is 15.1. The molecular formula is C54H38N6OS. The third-order valence-corrected chi connectivity index (χ3v) is 13.1. The second-order valence-corrected chi connectivity index (χ2v) is 16.7. The first-order valence-corrected chi connectivity index (χ1v) is 21.7. The van der Waals surface area contributed by atoms with E-state index in [0.717, 1.165) is 78.4 Å². The van der Waals surface area contributed by atoms with Crippen molar-refractivity contribution in [2.75, 3.05) is 0 Å². The van der Waals surface area contributed by atoms with Gasteiger partial charge in [0.15, 0.2) is 6.17 Å². The van der Waals surface area contributed by atoms with Crippen LogP contribution < -0.4 is 16.0 Å². The van der Waals surface area contributed by atoms with Crippen LogP contribution in [0.3, 0.4) is 0 Å². The third-order valence-electron chi connectivity index (χ3n) is 11.9. The zero-order valence-corrected chi connectivity index (χ0v) is 34.2. The van der Waals surface area contributed by atoms with Crippen LogP contribution in [0, 0.1) is 0 Å². The van der Waals surface area contributed by atoms with Gasteiger partial charge in [-0.1, -0.05) is 176 Å². The van der Waals surface area contributed by atoms with Crippen molar-refractivity contribution in [1.82, 2.24) is 16.0 Å². The van der Waals surface area contributed by atoms with Crippen LogP contribution in [0.4, 0.5) is 0 Å². The molecule has 3 atom stereocenters. The lowest BCUT2D eigenvalue weighted by atomic mass is 9.95. The van der Waals surface area contributed by atoms with Crippen LogP contribution in [-0.4, -0.2) is 17.5 Å². The van der Waals surface area contributed by atoms with E-state index in [1.165, 1.54) is 25.7 Å². The van der Waals surface area contributed by atoms with Crippen molar-refractivity contribution < 1.29 is 4.42 Å². The molecule has 2 aromatic heterocycles. The maximum absolute atomic E-state index is 6.52. The fourth-order valence-electron chi connectivity index (χ4n) is 8.83. The number of rotatable bonds is 7. The highest BCUT2D eigenvalue weighted by Crippen LogP contribution is 2.45. The smallest absolute Gasteiger partial charge is 0.171 e. The highest BCUT2D eigenvalue weighted by Gasteiger charge is 2.28. The van der Waals surface area contributed by atoms with Crippen LogP contribution in [-0.2, 0) is 0 Å². The summed E-state index contributed by atoms with van der Waals surface area (Å²) in [6.45, 7) is 0. The van der Waals surface area contributed by atoms with Crippen LogP contribution in [0.15, 0.2) is 214 Å². The monoisotopic (exact) mass is 818 g/mol. The molecule has 10 aromatic rings. The Labute approximate surface area is 361 Å². The van der Waals surface area contributed by atoms with E-state index in [1.807, 2.05) is 48.5 Å². The zero-order valence-electron chi connectivity index (χ0n) is 33.4. The topological polar surface area (TPSA) is 86.3 Å². The fraction of sp³-hybridized carbons (Fsp3) is 0.0556. The van der Waals surface area contributed by atoms with E-state index in [4.69, 9.17) is 19.4 Å². The van der Waals surface area contributed by atoms with Gasteiger partial charge < -0.3 is 15.1 Å². The van der Waals surface area contributed by atoms with E-state index in [-0.39, 0.29) is 12.3 Å². The summed E-state index contributed by atoms with van der Waals surface area (Å²) in [5.41, 5.74) is 10.2. The lowest BCUT2D eigenvalue weighted by Crippen LogP contribution is -2.44. The van der Waals surface area contributed by atoms with Crippen LogP contribution in [0.5, 0.6) is 0 Å². The summed E-state index contributed by atoms with van der Waals surface area (Å²) in [4.78, 5) is 15.8. The number of aliphatic imine (C=N–C) groups is 3. The molecule has 296 valence electrons. The molecule has 0 fully saturated rings. The first kappa shape index (κ1) is 36.2. The van der Waals surface area contributed by atoms with Gasteiger partial charge in [-0.3, -0.25) is 5.32 Å². The van der Waals surface area contributed by atoms with E-state index in [9.17, 15) is 0 Å². The summed E-state index contributed by atoms with van der Waals surface area (Å²) in [5.74, 6) is 2.36. The summed E-state index contributed by atoms with van der Waals surface area (Å²) in [7, 11) is 0. The molecule has 3 N–H and O–H groups in total. The Hall–Kier alpha value is -7.65. The number of furan rings is 1. The van der Waals surface area contributed by atoms with Gasteiger partial charge in [0.1, 0.15) is 41.0 Å². The van der Waals surface area contributed by atoms with Crippen molar-refractivity contribution in [1.29, 1.82) is 0 Å². The lowest BCUT2D eigenvalue weighted by molar-refractivity contribution is 0.409. The van der Waals surface area contributed by atoms with Gasteiger partial charge in [-0.2, -0.15) is 0 Å². The van der Waals surface area contributed by atoms with Gasteiger partial charge in [0.05, 0.1) is 5.56 Å². The van der Waals surface area contributed by atoms with Gasteiger partial charge >= 0.3 is 0 Å². The molecule has 8 aromatic carbocycles. The first-order chi connectivity index (χ1) is 30.7. The lowest BCUT2D eigenvalue weighted by Gasteiger charge is -2.32. The maximum Gasteiger partial charge on any atom is 0.171 e. The van der Waals surface area contributed by atoms with E-state index in [2.05, 4.69) is 162 Å². The molecule has 8 heteroatoms. The van der Waals surface area contributed by atoms with Gasteiger partial charge in [0, 0.05) is 47.6 Å². The molecule has 0 amide bonds. The quantitative estimate of drug-likeness (QED) is 0.149. The standard InChI is InChI=1S/C54H38N6OS/c1-4-15-34(16-5-1)49-55-50(35-17-6-2-7-18-35)57-52(56-49)37-29-27-33(28-30-37)38-31-32-43(48-46(38)41-22-11-13-26-45(41)62-48)54-59-51(36-19-8-3-9-20-36)58-53(60-54)42-24-14-23-40-39-21-10-12-25-44(39)61-47(40)42/h1-32,49,52,54,56H,(H,55,57)(H,58,59,60). The number of hydrogen-bond acceptors (Lipinski definition) is 8. The molecule has 2 aliphatic heterocycles. The van der Waals surface area contributed by atoms with Gasteiger partial charge in [0.2, 0.25) is 0 Å². The van der Waals surface area contributed by atoms with Crippen LogP contribution in [0.25, 0.3) is 53.2 Å². The van der Waals surface area contributed by atoms with Crippen molar-refractivity contribution in [3.63, 3.8) is 0 Å². The Morgan fingerprint density at radius 3 is 1.92 bits per heavy atom. The molecule has 62 heavy (non-hydrogen) atoms. The van der Waals surface area contributed by atoms with E-state index < -0.39 is 6.17 Å². The van der Waals surface area contributed by atoms with Gasteiger partial charge in [-0.05, 0) is 40.5 Å². The van der Waals surface area contributed by atoms with Gasteiger partial charge in [0.25, 0.3) is 0 Å². The molecule has 2 aliphatic rings. The third kappa shape index (κ3) is 6.36. The summed E-state index contributed by atoms with van der Waals surface area (Å²) in [6, 6.07) is 67.6. The molecule has 12 rings (SSSR count). The average Bonchev–Trinajstić information content (AvgIpc) is 3.94. The fourth-order valence-corrected chi connectivity index (χ4v) is 10.1. The predicted octanol–water partition coefficient (Wildman–Crippen LogP) is 12.5. The van der Waals surface area contributed by atoms with Crippen LogP contribution >= 0.6 is 11.3 Å². The summed E-state index contributed by atoms with van der Waals surface area (Å²) < 4.78 is 8.91. The Morgan fingerprint density at radius 2 is 1.13 bits per heavy atom. The molecule has 0 radical (unpaired) electrons. The second-order valence-electron chi connectivity index (χ2n) is 15.6. The zero-order chi connectivity index (χ0) is 41.0. The summed E-state index contributed by atoms with van der Waals surface area (Å²) in [5, 5.41) is 15.6. The highest BCUT2D eigenvalue weighted by molar-refractivity contribution is 7.26.